The molecule has 1 amide bonds. The minimum Gasteiger partial charge on any atom is -0.287 e. The molecular formula is C18H17F3N2O. The number of hydrogen-bond donors (Lipinski definition) is 2. The predicted octanol–water partition coefficient (Wildman–Crippen LogP) is 4.26. The normalized spacial score (nSPS) is 12.5. The summed E-state index contributed by atoms with van der Waals surface area (Å²) in [4.78, 5) is 12.1. The van der Waals surface area contributed by atoms with Gasteiger partial charge in [-0.05, 0) is 36.2 Å². The number of rotatable bonds is 6. The zero-order valence-electron chi connectivity index (χ0n) is 12.8. The quantitative estimate of drug-likeness (QED) is 0.612. The van der Waals surface area contributed by atoms with E-state index in [0.717, 1.165) is 29.8 Å². The van der Waals surface area contributed by atoms with Crippen molar-refractivity contribution in [2.75, 3.05) is 0 Å². The SMILES string of the molecule is C=CCC(NNC(=O)c1ccc(C(F)(F)F)cc1)c1ccccc1. The van der Waals surface area contributed by atoms with Gasteiger partial charge >= 0.3 is 6.18 Å². The van der Waals surface area contributed by atoms with Crippen molar-refractivity contribution < 1.29 is 18.0 Å². The molecule has 0 bridgehead atoms. The maximum Gasteiger partial charge on any atom is 0.416 e. The summed E-state index contributed by atoms with van der Waals surface area (Å²) in [5.41, 5.74) is 5.72. The average Bonchev–Trinajstić information content (AvgIpc) is 2.58. The Bertz CT molecular complexity index is 682. The first-order valence-corrected chi connectivity index (χ1v) is 7.31. The van der Waals surface area contributed by atoms with Crippen molar-refractivity contribution >= 4 is 5.91 Å². The molecule has 0 radical (unpaired) electrons. The fraction of sp³-hybridized carbons (Fsp3) is 0.167. The Morgan fingerprint density at radius 2 is 1.71 bits per heavy atom. The molecule has 2 aromatic rings. The smallest absolute Gasteiger partial charge is 0.287 e. The molecule has 0 fully saturated rings. The molecule has 0 saturated heterocycles. The molecule has 0 heterocycles. The first kappa shape index (κ1) is 17.7. The molecule has 1 atom stereocenters. The fourth-order valence-corrected chi connectivity index (χ4v) is 2.17. The highest BCUT2D eigenvalue weighted by atomic mass is 19.4. The van der Waals surface area contributed by atoms with Gasteiger partial charge in [-0.2, -0.15) is 13.2 Å². The van der Waals surface area contributed by atoms with E-state index in [-0.39, 0.29) is 11.6 Å². The van der Waals surface area contributed by atoms with Gasteiger partial charge in [0.25, 0.3) is 5.91 Å². The summed E-state index contributed by atoms with van der Waals surface area (Å²) in [6, 6.07) is 13.3. The van der Waals surface area contributed by atoms with Crippen LogP contribution < -0.4 is 10.9 Å². The second-order valence-electron chi connectivity index (χ2n) is 5.16. The van der Waals surface area contributed by atoms with Crippen LogP contribution in [0.4, 0.5) is 13.2 Å². The Morgan fingerprint density at radius 1 is 1.08 bits per heavy atom. The number of halogens is 3. The molecule has 0 aliphatic heterocycles. The zero-order chi connectivity index (χ0) is 17.6. The molecule has 0 saturated carbocycles. The van der Waals surface area contributed by atoms with Crippen molar-refractivity contribution in [1.29, 1.82) is 0 Å². The minimum absolute atomic E-state index is 0.140. The first-order valence-electron chi connectivity index (χ1n) is 7.31. The summed E-state index contributed by atoms with van der Waals surface area (Å²) in [5, 5.41) is 0. The summed E-state index contributed by atoms with van der Waals surface area (Å²) in [6.07, 6.45) is -2.12. The number of alkyl halides is 3. The van der Waals surface area contributed by atoms with Crippen molar-refractivity contribution in [3.8, 4) is 0 Å². The highest BCUT2D eigenvalue weighted by molar-refractivity contribution is 5.93. The Kier molecular flexibility index (Phi) is 5.76. The van der Waals surface area contributed by atoms with E-state index in [1.165, 1.54) is 0 Å². The maximum absolute atomic E-state index is 12.5. The number of carbonyl (C=O) groups excluding carboxylic acids is 1. The summed E-state index contributed by atoms with van der Waals surface area (Å²) in [5.74, 6) is -0.506. The van der Waals surface area contributed by atoms with E-state index in [1.54, 1.807) is 6.08 Å². The van der Waals surface area contributed by atoms with Crippen LogP contribution in [0.5, 0.6) is 0 Å². The summed E-state index contributed by atoms with van der Waals surface area (Å²) < 4.78 is 37.6. The van der Waals surface area contributed by atoms with Crippen LogP contribution in [0.1, 0.15) is 33.9 Å². The Hall–Kier alpha value is -2.60. The van der Waals surface area contributed by atoms with E-state index in [9.17, 15) is 18.0 Å². The van der Waals surface area contributed by atoms with E-state index in [0.29, 0.717) is 6.42 Å². The molecule has 3 nitrogen and oxygen atoms in total. The number of hydrogen-bond acceptors (Lipinski definition) is 2. The van der Waals surface area contributed by atoms with Gasteiger partial charge < -0.3 is 0 Å². The highest BCUT2D eigenvalue weighted by Crippen LogP contribution is 2.29. The molecular weight excluding hydrogens is 317 g/mol. The number of amides is 1. The van der Waals surface area contributed by atoms with Gasteiger partial charge in [-0.25, -0.2) is 5.43 Å². The van der Waals surface area contributed by atoms with Gasteiger partial charge in [-0.3, -0.25) is 10.2 Å². The zero-order valence-corrected chi connectivity index (χ0v) is 12.8. The molecule has 0 aliphatic carbocycles. The molecule has 1 unspecified atom stereocenters. The van der Waals surface area contributed by atoms with Crippen molar-refractivity contribution in [2.45, 2.75) is 18.6 Å². The molecule has 0 aliphatic rings. The topological polar surface area (TPSA) is 41.1 Å². The third-order valence-electron chi connectivity index (χ3n) is 3.44. The summed E-state index contributed by atoms with van der Waals surface area (Å²) >= 11 is 0. The van der Waals surface area contributed by atoms with Crippen LogP contribution in [0.15, 0.2) is 67.3 Å². The third-order valence-corrected chi connectivity index (χ3v) is 3.44. The van der Waals surface area contributed by atoms with E-state index in [2.05, 4.69) is 17.4 Å². The number of benzene rings is 2. The van der Waals surface area contributed by atoms with Gasteiger partial charge in [0.05, 0.1) is 11.6 Å². The molecule has 6 heteroatoms. The summed E-state index contributed by atoms with van der Waals surface area (Å²) in [6.45, 7) is 3.68. The van der Waals surface area contributed by atoms with Gasteiger partial charge in [-0.1, -0.05) is 36.4 Å². The molecule has 2 N–H and O–H groups in total. The van der Waals surface area contributed by atoms with E-state index in [1.807, 2.05) is 30.3 Å². The van der Waals surface area contributed by atoms with Gasteiger partial charge in [0, 0.05) is 5.56 Å². The Labute approximate surface area is 138 Å². The van der Waals surface area contributed by atoms with E-state index >= 15 is 0 Å². The molecule has 2 rings (SSSR count). The molecule has 0 aromatic heterocycles. The van der Waals surface area contributed by atoms with Crippen molar-refractivity contribution in [3.63, 3.8) is 0 Å². The maximum atomic E-state index is 12.5. The lowest BCUT2D eigenvalue weighted by molar-refractivity contribution is -0.137. The average molecular weight is 334 g/mol. The third kappa shape index (κ3) is 4.70. The van der Waals surface area contributed by atoms with E-state index < -0.39 is 17.6 Å². The molecule has 0 spiro atoms. The first-order chi connectivity index (χ1) is 11.4. The second-order valence-corrected chi connectivity index (χ2v) is 5.16. The Morgan fingerprint density at radius 3 is 2.25 bits per heavy atom. The van der Waals surface area contributed by atoms with Crippen molar-refractivity contribution in [1.82, 2.24) is 10.9 Å². The number of nitrogens with one attached hydrogen (secondary N) is 2. The van der Waals surface area contributed by atoms with Gasteiger partial charge in [0.1, 0.15) is 0 Å². The highest BCUT2D eigenvalue weighted by Gasteiger charge is 2.30. The van der Waals surface area contributed by atoms with Crippen LogP contribution in [-0.4, -0.2) is 5.91 Å². The standard InChI is InChI=1S/C18H17F3N2O/c1-2-6-16(13-7-4-3-5-8-13)22-23-17(24)14-9-11-15(12-10-14)18(19,20)21/h2-5,7-12,16,22H,1,6H2,(H,23,24). The molecule has 2 aromatic carbocycles. The van der Waals surface area contributed by atoms with Crippen molar-refractivity contribution in [2.24, 2.45) is 0 Å². The van der Waals surface area contributed by atoms with Crippen LogP contribution in [-0.2, 0) is 6.18 Å². The van der Waals surface area contributed by atoms with Crippen LogP contribution in [0.25, 0.3) is 0 Å². The molecule has 126 valence electrons. The minimum atomic E-state index is -4.42. The monoisotopic (exact) mass is 334 g/mol. The lowest BCUT2D eigenvalue weighted by atomic mass is 10.0. The fourth-order valence-electron chi connectivity index (χ4n) is 2.17. The van der Waals surface area contributed by atoms with Crippen LogP contribution in [0.3, 0.4) is 0 Å². The van der Waals surface area contributed by atoms with Crippen LogP contribution >= 0.6 is 0 Å². The lowest BCUT2D eigenvalue weighted by Gasteiger charge is -2.18. The van der Waals surface area contributed by atoms with Crippen LogP contribution in [0.2, 0.25) is 0 Å². The van der Waals surface area contributed by atoms with Crippen molar-refractivity contribution in [3.05, 3.63) is 83.9 Å². The number of carbonyl (C=O) groups is 1. The summed E-state index contributed by atoms with van der Waals surface area (Å²) in [7, 11) is 0. The van der Waals surface area contributed by atoms with Crippen LogP contribution in [0, 0.1) is 0 Å². The second kappa shape index (κ2) is 7.79. The number of hydrazine groups is 1. The van der Waals surface area contributed by atoms with Gasteiger partial charge in [-0.15, -0.1) is 6.58 Å². The van der Waals surface area contributed by atoms with Gasteiger partial charge in [0.15, 0.2) is 0 Å². The van der Waals surface area contributed by atoms with Gasteiger partial charge in [0.2, 0.25) is 0 Å². The molecule has 24 heavy (non-hydrogen) atoms. The Balaban J connectivity index is 2.02. The van der Waals surface area contributed by atoms with E-state index in [4.69, 9.17) is 0 Å². The lowest BCUT2D eigenvalue weighted by Crippen LogP contribution is -2.39. The largest absolute Gasteiger partial charge is 0.416 e. The predicted molar refractivity (Wildman–Crippen MR) is 86.0 cm³/mol.